The Hall–Kier alpha value is -1.42. The number of carbonyl (C=O) groups is 1. The number of hydrogen-bond acceptors (Lipinski definition) is 2. The van der Waals surface area contributed by atoms with Crippen molar-refractivity contribution in [3.05, 3.63) is 30.1 Å². The van der Waals surface area contributed by atoms with Crippen molar-refractivity contribution in [3.8, 4) is 0 Å². The summed E-state index contributed by atoms with van der Waals surface area (Å²) in [6, 6.07) is 6.24. The van der Waals surface area contributed by atoms with Gasteiger partial charge in [-0.1, -0.05) is 31.7 Å². The highest BCUT2D eigenvalue weighted by molar-refractivity contribution is 5.97. The fraction of sp³-hybridized carbons (Fsp3) is 0.588. The van der Waals surface area contributed by atoms with Crippen LogP contribution in [0.1, 0.15) is 45.4 Å². The van der Waals surface area contributed by atoms with E-state index < -0.39 is 5.41 Å². The molecular formula is C17H25FN2O. The zero-order valence-electron chi connectivity index (χ0n) is 12.8. The lowest BCUT2D eigenvalue weighted by atomic mass is 9.79. The lowest BCUT2D eigenvalue weighted by Gasteiger charge is -2.35. The summed E-state index contributed by atoms with van der Waals surface area (Å²) in [7, 11) is 0. The fourth-order valence-electron chi connectivity index (χ4n) is 3.28. The van der Waals surface area contributed by atoms with Crippen LogP contribution in [0.2, 0.25) is 0 Å². The van der Waals surface area contributed by atoms with Crippen molar-refractivity contribution in [3.63, 3.8) is 0 Å². The molecule has 0 saturated heterocycles. The standard InChI is InChI=1S/C17H25FN2O/c1-2-20(15-9-7-8-14(18)12-15)16(21)17(13-19)10-5-3-4-6-11-17/h7-9,12H,2-6,10-11,13,19H2,1H3. The molecule has 0 unspecified atom stereocenters. The average Bonchev–Trinajstić information content (AvgIpc) is 2.74. The predicted molar refractivity (Wildman–Crippen MR) is 83.6 cm³/mol. The van der Waals surface area contributed by atoms with Gasteiger partial charge in [0.1, 0.15) is 5.82 Å². The molecule has 0 atom stereocenters. The fourth-order valence-corrected chi connectivity index (χ4v) is 3.28. The molecule has 1 fully saturated rings. The number of anilines is 1. The van der Waals surface area contributed by atoms with Gasteiger partial charge in [0.15, 0.2) is 0 Å². The van der Waals surface area contributed by atoms with Crippen molar-refractivity contribution in [1.82, 2.24) is 0 Å². The third kappa shape index (κ3) is 3.43. The zero-order valence-corrected chi connectivity index (χ0v) is 12.8. The second-order valence-electron chi connectivity index (χ2n) is 5.93. The molecule has 2 rings (SSSR count). The second kappa shape index (κ2) is 7.03. The molecule has 1 aromatic rings. The van der Waals surface area contributed by atoms with Crippen LogP contribution >= 0.6 is 0 Å². The first-order chi connectivity index (χ1) is 10.1. The molecule has 1 aliphatic carbocycles. The summed E-state index contributed by atoms with van der Waals surface area (Å²) in [5, 5.41) is 0. The first kappa shape index (κ1) is 16.0. The molecule has 2 N–H and O–H groups in total. The van der Waals surface area contributed by atoms with Crippen LogP contribution in [-0.4, -0.2) is 19.0 Å². The number of halogens is 1. The van der Waals surface area contributed by atoms with E-state index in [1.165, 1.54) is 25.0 Å². The number of rotatable bonds is 4. The molecule has 0 radical (unpaired) electrons. The van der Waals surface area contributed by atoms with Crippen molar-refractivity contribution in [2.24, 2.45) is 11.1 Å². The minimum Gasteiger partial charge on any atom is -0.329 e. The van der Waals surface area contributed by atoms with Crippen molar-refractivity contribution in [2.45, 2.75) is 45.4 Å². The van der Waals surface area contributed by atoms with Gasteiger partial charge in [0.25, 0.3) is 0 Å². The molecule has 1 saturated carbocycles. The maximum Gasteiger partial charge on any atom is 0.234 e. The predicted octanol–water partition coefficient (Wildman–Crippen LogP) is 3.48. The lowest BCUT2D eigenvalue weighted by molar-refractivity contribution is -0.128. The van der Waals surface area contributed by atoms with E-state index in [-0.39, 0.29) is 11.7 Å². The van der Waals surface area contributed by atoms with E-state index in [1.807, 2.05) is 6.92 Å². The van der Waals surface area contributed by atoms with E-state index in [9.17, 15) is 9.18 Å². The van der Waals surface area contributed by atoms with Crippen LogP contribution in [0.25, 0.3) is 0 Å². The number of amides is 1. The molecule has 0 aromatic heterocycles. The van der Waals surface area contributed by atoms with Gasteiger partial charge in [-0.05, 0) is 38.0 Å². The number of nitrogens with zero attached hydrogens (tertiary/aromatic N) is 1. The highest BCUT2D eigenvalue weighted by Crippen LogP contribution is 2.37. The number of nitrogens with two attached hydrogens (primary N) is 1. The molecule has 1 aromatic carbocycles. The monoisotopic (exact) mass is 292 g/mol. The van der Waals surface area contributed by atoms with Gasteiger partial charge in [0.05, 0.1) is 5.41 Å². The maximum atomic E-state index is 13.4. The average molecular weight is 292 g/mol. The van der Waals surface area contributed by atoms with E-state index >= 15 is 0 Å². The van der Waals surface area contributed by atoms with Gasteiger partial charge < -0.3 is 10.6 Å². The third-order valence-electron chi connectivity index (χ3n) is 4.59. The van der Waals surface area contributed by atoms with Gasteiger partial charge in [-0.2, -0.15) is 0 Å². The molecule has 4 heteroatoms. The van der Waals surface area contributed by atoms with Crippen LogP contribution in [0.4, 0.5) is 10.1 Å². The zero-order chi connectivity index (χ0) is 15.3. The minimum atomic E-state index is -0.473. The van der Waals surface area contributed by atoms with E-state index in [4.69, 9.17) is 5.73 Å². The summed E-state index contributed by atoms with van der Waals surface area (Å²) in [4.78, 5) is 14.8. The smallest absolute Gasteiger partial charge is 0.234 e. The van der Waals surface area contributed by atoms with Crippen LogP contribution in [0.5, 0.6) is 0 Å². The van der Waals surface area contributed by atoms with Crippen LogP contribution in [0.3, 0.4) is 0 Å². The topological polar surface area (TPSA) is 46.3 Å². The summed E-state index contributed by atoms with van der Waals surface area (Å²) in [5.41, 5.74) is 6.14. The van der Waals surface area contributed by atoms with E-state index in [1.54, 1.807) is 17.0 Å². The van der Waals surface area contributed by atoms with Crippen LogP contribution in [-0.2, 0) is 4.79 Å². The van der Waals surface area contributed by atoms with Gasteiger partial charge >= 0.3 is 0 Å². The Morgan fingerprint density at radius 1 is 1.29 bits per heavy atom. The quantitative estimate of drug-likeness (QED) is 0.864. The molecule has 1 amide bonds. The Balaban J connectivity index is 2.29. The van der Waals surface area contributed by atoms with Gasteiger partial charge in [-0.25, -0.2) is 4.39 Å². The van der Waals surface area contributed by atoms with Gasteiger partial charge in [0, 0.05) is 18.8 Å². The Morgan fingerprint density at radius 3 is 2.48 bits per heavy atom. The summed E-state index contributed by atoms with van der Waals surface area (Å²) >= 11 is 0. The van der Waals surface area contributed by atoms with Crippen molar-refractivity contribution in [2.75, 3.05) is 18.0 Å². The molecule has 0 heterocycles. The Morgan fingerprint density at radius 2 is 1.95 bits per heavy atom. The first-order valence-electron chi connectivity index (χ1n) is 7.90. The van der Waals surface area contributed by atoms with Gasteiger partial charge in [-0.15, -0.1) is 0 Å². The van der Waals surface area contributed by atoms with Gasteiger partial charge in [-0.3, -0.25) is 4.79 Å². The van der Waals surface area contributed by atoms with Crippen molar-refractivity contribution in [1.29, 1.82) is 0 Å². The summed E-state index contributed by atoms with van der Waals surface area (Å²) < 4.78 is 13.4. The van der Waals surface area contributed by atoms with E-state index in [0.29, 0.717) is 18.8 Å². The van der Waals surface area contributed by atoms with Crippen LogP contribution < -0.4 is 10.6 Å². The summed E-state index contributed by atoms with van der Waals surface area (Å²) in [6.45, 7) is 2.82. The molecule has 21 heavy (non-hydrogen) atoms. The minimum absolute atomic E-state index is 0.0556. The first-order valence-corrected chi connectivity index (χ1v) is 7.90. The Labute approximate surface area is 126 Å². The number of hydrogen-bond donors (Lipinski definition) is 1. The molecule has 3 nitrogen and oxygen atoms in total. The number of benzene rings is 1. The van der Waals surface area contributed by atoms with Gasteiger partial charge in [0.2, 0.25) is 5.91 Å². The summed E-state index contributed by atoms with van der Waals surface area (Å²) in [5.74, 6) is -0.263. The Kier molecular flexibility index (Phi) is 5.34. The normalized spacial score (nSPS) is 18.0. The highest BCUT2D eigenvalue weighted by atomic mass is 19.1. The molecule has 0 spiro atoms. The Bertz CT molecular complexity index is 481. The molecule has 0 bridgehead atoms. The van der Waals surface area contributed by atoms with Crippen molar-refractivity contribution < 1.29 is 9.18 Å². The maximum absolute atomic E-state index is 13.4. The third-order valence-corrected chi connectivity index (χ3v) is 4.59. The van der Waals surface area contributed by atoms with Crippen LogP contribution in [0.15, 0.2) is 24.3 Å². The largest absolute Gasteiger partial charge is 0.329 e. The van der Waals surface area contributed by atoms with Crippen molar-refractivity contribution >= 4 is 11.6 Å². The van der Waals surface area contributed by atoms with Crippen LogP contribution in [0, 0.1) is 11.2 Å². The van der Waals surface area contributed by atoms with E-state index in [0.717, 1.165) is 25.7 Å². The SMILES string of the molecule is CCN(C(=O)C1(CN)CCCCCC1)c1cccc(F)c1. The lowest BCUT2D eigenvalue weighted by Crippen LogP contribution is -2.48. The molecule has 116 valence electrons. The molecule has 1 aliphatic rings. The highest BCUT2D eigenvalue weighted by Gasteiger charge is 2.40. The molecule has 0 aliphatic heterocycles. The summed E-state index contributed by atoms with van der Waals surface area (Å²) in [6.07, 6.45) is 6.11. The molecular weight excluding hydrogens is 267 g/mol. The second-order valence-corrected chi connectivity index (χ2v) is 5.93. The van der Waals surface area contributed by atoms with E-state index in [2.05, 4.69) is 0 Å². The number of carbonyl (C=O) groups excluding carboxylic acids is 1.